The normalized spacial score (nSPS) is 9.47. The fraction of sp³-hybridized carbons (Fsp3) is 0.455. The lowest BCUT2D eigenvalue weighted by molar-refractivity contribution is -0.142. The van der Waals surface area contributed by atoms with E-state index < -0.39 is 0 Å². The molecule has 0 N–H and O–H groups in total. The summed E-state index contributed by atoms with van der Waals surface area (Å²) < 4.78 is 4.82. The van der Waals surface area contributed by atoms with E-state index in [9.17, 15) is 4.79 Å². The third kappa shape index (κ3) is 3.72. The Labute approximate surface area is 99.9 Å². The van der Waals surface area contributed by atoms with Crippen LogP contribution in [-0.2, 0) is 9.53 Å². The SMILES string of the molecule is CCOC(=O)CCN(C)c1nccnc1C#N. The molecule has 0 spiro atoms. The summed E-state index contributed by atoms with van der Waals surface area (Å²) in [4.78, 5) is 20.9. The number of carbonyl (C=O) groups excluding carboxylic acids is 1. The van der Waals surface area contributed by atoms with Crippen LogP contribution >= 0.6 is 0 Å². The van der Waals surface area contributed by atoms with Gasteiger partial charge >= 0.3 is 5.97 Å². The van der Waals surface area contributed by atoms with Gasteiger partial charge in [0.2, 0.25) is 0 Å². The Morgan fingerprint density at radius 1 is 1.53 bits per heavy atom. The van der Waals surface area contributed by atoms with Crippen LogP contribution in [0.3, 0.4) is 0 Å². The molecule has 0 saturated carbocycles. The van der Waals surface area contributed by atoms with Crippen LogP contribution < -0.4 is 4.90 Å². The van der Waals surface area contributed by atoms with Crippen molar-refractivity contribution in [1.82, 2.24) is 9.97 Å². The van der Waals surface area contributed by atoms with E-state index in [-0.39, 0.29) is 18.1 Å². The zero-order valence-corrected chi connectivity index (χ0v) is 9.88. The van der Waals surface area contributed by atoms with E-state index in [1.807, 2.05) is 6.07 Å². The van der Waals surface area contributed by atoms with Crippen LogP contribution in [0.4, 0.5) is 5.82 Å². The van der Waals surface area contributed by atoms with Crippen LogP contribution in [0.1, 0.15) is 19.0 Å². The quantitative estimate of drug-likeness (QED) is 0.699. The smallest absolute Gasteiger partial charge is 0.307 e. The summed E-state index contributed by atoms with van der Waals surface area (Å²) in [6, 6.07) is 1.96. The van der Waals surface area contributed by atoms with Gasteiger partial charge in [0.15, 0.2) is 11.5 Å². The molecule has 0 aliphatic rings. The molecule has 0 aliphatic heterocycles. The van der Waals surface area contributed by atoms with Crippen molar-refractivity contribution in [3.8, 4) is 6.07 Å². The molecule has 1 rings (SSSR count). The lowest BCUT2D eigenvalue weighted by atomic mass is 10.3. The molecule has 0 fully saturated rings. The first kappa shape index (κ1) is 12.9. The standard InChI is InChI=1S/C11H14N4O2/c1-3-17-10(16)4-7-15(2)11-9(8-12)13-5-6-14-11/h5-6H,3-4,7H2,1-2H3. The summed E-state index contributed by atoms with van der Waals surface area (Å²) in [6.07, 6.45) is 3.23. The van der Waals surface area contributed by atoms with E-state index in [2.05, 4.69) is 9.97 Å². The maximum absolute atomic E-state index is 11.2. The minimum absolute atomic E-state index is 0.249. The highest BCUT2D eigenvalue weighted by molar-refractivity contribution is 5.70. The van der Waals surface area contributed by atoms with Gasteiger partial charge in [-0.2, -0.15) is 5.26 Å². The maximum Gasteiger partial charge on any atom is 0.307 e. The van der Waals surface area contributed by atoms with Gasteiger partial charge in [-0.05, 0) is 6.92 Å². The first-order valence-electron chi connectivity index (χ1n) is 5.27. The molecular formula is C11H14N4O2. The van der Waals surface area contributed by atoms with Crippen LogP contribution in [0.25, 0.3) is 0 Å². The maximum atomic E-state index is 11.2. The summed E-state index contributed by atoms with van der Waals surface area (Å²) in [6.45, 7) is 2.57. The van der Waals surface area contributed by atoms with Gasteiger partial charge in [-0.1, -0.05) is 0 Å². The second-order valence-electron chi connectivity index (χ2n) is 3.32. The van der Waals surface area contributed by atoms with Crippen LogP contribution in [0.5, 0.6) is 0 Å². The second-order valence-corrected chi connectivity index (χ2v) is 3.32. The highest BCUT2D eigenvalue weighted by Crippen LogP contribution is 2.12. The van der Waals surface area contributed by atoms with Gasteiger partial charge in [0.25, 0.3) is 0 Å². The van der Waals surface area contributed by atoms with Crippen molar-refractivity contribution in [2.24, 2.45) is 0 Å². The topological polar surface area (TPSA) is 79.1 Å². The average molecular weight is 234 g/mol. The fourth-order valence-corrected chi connectivity index (χ4v) is 1.29. The lowest BCUT2D eigenvalue weighted by Crippen LogP contribution is -2.24. The van der Waals surface area contributed by atoms with Crippen molar-refractivity contribution in [1.29, 1.82) is 5.26 Å². The van der Waals surface area contributed by atoms with E-state index >= 15 is 0 Å². The van der Waals surface area contributed by atoms with E-state index in [1.54, 1.807) is 18.9 Å². The number of esters is 1. The second kappa shape index (κ2) is 6.43. The minimum Gasteiger partial charge on any atom is -0.466 e. The molecule has 6 nitrogen and oxygen atoms in total. The Morgan fingerprint density at radius 3 is 2.88 bits per heavy atom. The first-order chi connectivity index (χ1) is 8.19. The number of ether oxygens (including phenoxy) is 1. The zero-order valence-electron chi connectivity index (χ0n) is 9.88. The van der Waals surface area contributed by atoms with Gasteiger partial charge in [-0.15, -0.1) is 0 Å². The van der Waals surface area contributed by atoms with Crippen molar-refractivity contribution in [2.75, 3.05) is 25.1 Å². The highest BCUT2D eigenvalue weighted by atomic mass is 16.5. The number of anilines is 1. The third-order valence-electron chi connectivity index (χ3n) is 2.10. The predicted molar refractivity (Wildman–Crippen MR) is 61.3 cm³/mol. The highest BCUT2D eigenvalue weighted by Gasteiger charge is 2.11. The lowest BCUT2D eigenvalue weighted by Gasteiger charge is -2.17. The van der Waals surface area contributed by atoms with Crippen LogP contribution in [0.15, 0.2) is 12.4 Å². The van der Waals surface area contributed by atoms with Gasteiger partial charge in [-0.3, -0.25) is 4.79 Å². The van der Waals surface area contributed by atoms with Crippen LogP contribution in [0.2, 0.25) is 0 Å². The first-order valence-corrected chi connectivity index (χ1v) is 5.27. The van der Waals surface area contributed by atoms with Crippen molar-refractivity contribution in [2.45, 2.75) is 13.3 Å². The molecule has 0 aliphatic carbocycles. The number of carbonyl (C=O) groups is 1. The average Bonchev–Trinajstić information content (AvgIpc) is 2.36. The van der Waals surface area contributed by atoms with Crippen LogP contribution in [0, 0.1) is 11.3 Å². The zero-order chi connectivity index (χ0) is 12.7. The summed E-state index contributed by atoms with van der Waals surface area (Å²) in [5.41, 5.74) is 0.249. The van der Waals surface area contributed by atoms with Crippen molar-refractivity contribution in [3.63, 3.8) is 0 Å². The Morgan fingerprint density at radius 2 is 2.24 bits per heavy atom. The molecule has 0 atom stereocenters. The summed E-state index contributed by atoms with van der Waals surface area (Å²) in [7, 11) is 1.75. The van der Waals surface area contributed by atoms with Gasteiger partial charge < -0.3 is 9.64 Å². The molecule has 1 heterocycles. The number of aromatic nitrogens is 2. The van der Waals surface area contributed by atoms with E-state index in [0.29, 0.717) is 19.0 Å². The molecule has 1 aromatic heterocycles. The van der Waals surface area contributed by atoms with E-state index in [4.69, 9.17) is 10.00 Å². The van der Waals surface area contributed by atoms with Crippen molar-refractivity contribution >= 4 is 11.8 Å². The Hall–Kier alpha value is -2.16. The molecule has 0 bridgehead atoms. The molecule has 6 heteroatoms. The van der Waals surface area contributed by atoms with Gasteiger partial charge in [-0.25, -0.2) is 9.97 Å². The number of nitrogens with zero attached hydrogens (tertiary/aromatic N) is 4. The van der Waals surface area contributed by atoms with E-state index in [1.165, 1.54) is 12.4 Å². The molecule has 0 unspecified atom stereocenters. The van der Waals surface area contributed by atoms with Gasteiger partial charge in [0.05, 0.1) is 13.0 Å². The van der Waals surface area contributed by atoms with Crippen LogP contribution in [-0.4, -0.2) is 36.1 Å². The largest absolute Gasteiger partial charge is 0.466 e. The van der Waals surface area contributed by atoms with Gasteiger partial charge in [0.1, 0.15) is 6.07 Å². The molecule has 17 heavy (non-hydrogen) atoms. The Balaban J connectivity index is 2.61. The molecule has 90 valence electrons. The van der Waals surface area contributed by atoms with Crippen molar-refractivity contribution < 1.29 is 9.53 Å². The fourth-order valence-electron chi connectivity index (χ4n) is 1.29. The Kier molecular flexibility index (Phi) is 4.88. The molecule has 0 saturated heterocycles. The Bertz CT molecular complexity index is 428. The predicted octanol–water partition coefficient (Wildman–Crippen LogP) is 0.738. The minimum atomic E-state index is -0.262. The molecule has 0 aromatic carbocycles. The third-order valence-corrected chi connectivity index (χ3v) is 2.10. The number of nitriles is 1. The number of rotatable bonds is 5. The van der Waals surface area contributed by atoms with E-state index in [0.717, 1.165) is 0 Å². The summed E-state index contributed by atoms with van der Waals surface area (Å²) >= 11 is 0. The molecular weight excluding hydrogens is 220 g/mol. The number of hydrogen-bond acceptors (Lipinski definition) is 6. The van der Waals surface area contributed by atoms with Gasteiger partial charge in [0, 0.05) is 26.0 Å². The van der Waals surface area contributed by atoms with Crippen molar-refractivity contribution in [3.05, 3.63) is 18.1 Å². The molecule has 0 amide bonds. The summed E-state index contributed by atoms with van der Waals surface area (Å²) in [5, 5.41) is 8.86. The summed E-state index contributed by atoms with van der Waals surface area (Å²) in [5.74, 6) is 0.209. The molecule has 1 aromatic rings. The number of hydrogen-bond donors (Lipinski definition) is 0. The molecule has 0 radical (unpaired) electrons. The monoisotopic (exact) mass is 234 g/mol.